The average molecular weight is 279 g/mol. The predicted octanol–water partition coefficient (Wildman–Crippen LogP) is 2.96. The maximum Gasteiger partial charge on any atom is 0.116 e. The molecule has 3 atom stereocenters. The molecule has 2 bridgehead atoms. The summed E-state index contributed by atoms with van der Waals surface area (Å²) in [4.78, 5) is 8.41. The Morgan fingerprint density at radius 2 is 2.19 bits per heavy atom. The van der Waals surface area contributed by atoms with Gasteiger partial charge in [-0.25, -0.2) is 9.97 Å². The van der Waals surface area contributed by atoms with Gasteiger partial charge in [0.1, 0.15) is 6.33 Å². The van der Waals surface area contributed by atoms with Crippen LogP contribution in [0.5, 0.6) is 0 Å². The Kier molecular flexibility index (Phi) is 2.86. The average Bonchev–Trinajstić information content (AvgIpc) is 2.51. The molecule has 2 heterocycles. The zero-order valence-corrected chi connectivity index (χ0v) is 12.6. The Morgan fingerprint density at radius 1 is 1.29 bits per heavy atom. The van der Waals surface area contributed by atoms with Crippen molar-refractivity contribution in [2.45, 2.75) is 38.1 Å². The van der Waals surface area contributed by atoms with Crippen LogP contribution in [0.15, 0.2) is 36.8 Å². The van der Waals surface area contributed by atoms with Gasteiger partial charge in [0.15, 0.2) is 0 Å². The van der Waals surface area contributed by atoms with Crippen molar-refractivity contribution in [3.63, 3.8) is 0 Å². The molecule has 1 saturated heterocycles. The van der Waals surface area contributed by atoms with Gasteiger partial charge in [0, 0.05) is 17.8 Å². The summed E-state index contributed by atoms with van der Waals surface area (Å²) in [6.45, 7) is 5.97. The third-order valence-electron chi connectivity index (χ3n) is 5.70. The lowest BCUT2D eigenvalue weighted by Gasteiger charge is -2.50. The van der Waals surface area contributed by atoms with Gasteiger partial charge in [-0.1, -0.05) is 26.0 Å². The monoisotopic (exact) mass is 279 g/mol. The molecular formula is C18H21N3. The summed E-state index contributed by atoms with van der Waals surface area (Å²) in [6.07, 6.45) is 5.80. The predicted molar refractivity (Wildman–Crippen MR) is 84.1 cm³/mol. The first-order chi connectivity index (χ1) is 10.2. The molecule has 0 radical (unpaired) electrons. The van der Waals surface area contributed by atoms with Crippen LogP contribution in [0, 0.1) is 5.92 Å². The van der Waals surface area contributed by atoms with Crippen LogP contribution in [-0.4, -0.2) is 22.6 Å². The summed E-state index contributed by atoms with van der Waals surface area (Å²) < 4.78 is 0. The van der Waals surface area contributed by atoms with Gasteiger partial charge in [-0.2, -0.15) is 0 Å². The molecule has 3 heteroatoms. The highest BCUT2D eigenvalue weighted by Gasteiger charge is 2.45. The molecule has 2 aliphatic rings. The molecule has 1 fully saturated rings. The molecule has 0 spiro atoms. The van der Waals surface area contributed by atoms with E-state index in [1.54, 1.807) is 6.33 Å². The minimum absolute atomic E-state index is 0.284. The molecule has 2 aromatic rings. The minimum atomic E-state index is 0.284. The van der Waals surface area contributed by atoms with Gasteiger partial charge in [0.25, 0.3) is 0 Å². The van der Waals surface area contributed by atoms with E-state index in [0.717, 1.165) is 18.7 Å². The molecule has 0 unspecified atom stereocenters. The molecular weight excluding hydrogens is 258 g/mol. The van der Waals surface area contributed by atoms with Crippen LogP contribution in [-0.2, 0) is 11.8 Å². The van der Waals surface area contributed by atoms with E-state index in [-0.39, 0.29) is 5.41 Å². The van der Waals surface area contributed by atoms with E-state index < -0.39 is 0 Å². The standard InChI is InChI=1S/C18H21N3/c1-12-17-10-13-3-4-14(16-5-7-19-11-21-16)9-15(13)18(12,2)6-8-20-17/h3-5,7,9,11-12,17,20H,6,8,10H2,1-2H3/t12-,17-,18-/m1/s1. The number of benzene rings is 1. The largest absolute Gasteiger partial charge is 0.313 e. The van der Waals surface area contributed by atoms with Crippen molar-refractivity contribution in [3.8, 4) is 11.3 Å². The van der Waals surface area contributed by atoms with Crippen molar-refractivity contribution in [3.05, 3.63) is 47.9 Å². The lowest BCUT2D eigenvalue weighted by molar-refractivity contribution is 0.158. The molecule has 0 saturated carbocycles. The number of fused-ring (bicyclic) bond motifs is 4. The molecule has 1 aliphatic heterocycles. The Balaban J connectivity index is 1.85. The van der Waals surface area contributed by atoms with Crippen LogP contribution in [0.1, 0.15) is 31.4 Å². The van der Waals surface area contributed by atoms with Crippen LogP contribution in [0.2, 0.25) is 0 Å². The Hall–Kier alpha value is -1.74. The Labute approximate surface area is 125 Å². The summed E-state index contributed by atoms with van der Waals surface area (Å²) in [5.74, 6) is 0.680. The van der Waals surface area contributed by atoms with Crippen molar-refractivity contribution < 1.29 is 0 Å². The van der Waals surface area contributed by atoms with Gasteiger partial charge >= 0.3 is 0 Å². The van der Waals surface area contributed by atoms with Crippen molar-refractivity contribution in [1.82, 2.24) is 15.3 Å². The number of hydrogen-bond acceptors (Lipinski definition) is 3. The van der Waals surface area contributed by atoms with Gasteiger partial charge in [-0.3, -0.25) is 0 Å². The summed E-state index contributed by atoms with van der Waals surface area (Å²) in [6, 6.07) is 9.49. The highest BCUT2D eigenvalue weighted by molar-refractivity contribution is 5.62. The number of aromatic nitrogens is 2. The molecule has 1 N–H and O–H groups in total. The molecule has 1 aromatic carbocycles. The summed E-state index contributed by atoms with van der Waals surface area (Å²) >= 11 is 0. The van der Waals surface area contributed by atoms with Crippen molar-refractivity contribution in [1.29, 1.82) is 0 Å². The molecule has 21 heavy (non-hydrogen) atoms. The van der Waals surface area contributed by atoms with Crippen molar-refractivity contribution in [2.24, 2.45) is 5.92 Å². The Morgan fingerprint density at radius 3 is 3.00 bits per heavy atom. The van der Waals surface area contributed by atoms with Gasteiger partial charge in [0.2, 0.25) is 0 Å². The number of hydrogen-bond donors (Lipinski definition) is 1. The van der Waals surface area contributed by atoms with E-state index in [1.807, 2.05) is 12.3 Å². The smallest absolute Gasteiger partial charge is 0.116 e. The molecule has 4 rings (SSSR count). The maximum atomic E-state index is 4.40. The van der Waals surface area contributed by atoms with E-state index >= 15 is 0 Å². The number of nitrogens with zero attached hydrogens (tertiary/aromatic N) is 2. The second-order valence-electron chi connectivity index (χ2n) is 6.69. The van der Waals surface area contributed by atoms with Crippen LogP contribution in [0.25, 0.3) is 11.3 Å². The van der Waals surface area contributed by atoms with Crippen LogP contribution >= 0.6 is 0 Å². The van der Waals surface area contributed by atoms with E-state index in [9.17, 15) is 0 Å². The minimum Gasteiger partial charge on any atom is -0.313 e. The van der Waals surface area contributed by atoms with E-state index in [2.05, 4.69) is 47.3 Å². The van der Waals surface area contributed by atoms with Crippen molar-refractivity contribution in [2.75, 3.05) is 6.54 Å². The first-order valence-corrected chi connectivity index (χ1v) is 7.82. The fraction of sp³-hybridized carbons (Fsp3) is 0.444. The first kappa shape index (κ1) is 13.0. The van der Waals surface area contributed by atoms with E-state index in [4.69, 9.17) is 0 Å². The van der Waals surface area contributed by atoms with Gasteiger partial charge in [0.05, 0.1) is 5.69 Å². The van der Waals surface area contributed by atoms with E-state index in [0.29, 0.717) is 12.0 Å². The lowest BCUT2D eigenvalue weighted by atomic mass is 9.59. The van der Waals surface area contributed by atoms with Gasteiger partial charge in [-0.15, -0.1) is 0 Å². The summed E-state index contributed by atoms with van der Waals surface area (Å²) in [5.41, 5.74) is 5.54. The fourth-order valence-electron chi connectivity index (χ4n) is 4.14. The highest BCUT2D eigenvalue weighted by atomic mass is 14.9. The quantitative estimate of drug-likeness (QED) is 0.872. The topological polar surface area (TPSA) is 37.8 Å². The Bertz CT molecular complexity index is 667. The fourth-order valence-corrected chi connectivity index (χ4v) is 4.14. The third-order valence-corrected chi connectivity index (χ3v) is 5.70. The number of piperidine rings is 1. The number of nitrogens with one attached hydrogen (secondary N) is 1. The zero-order chi connectivity index (χ0) is 14.4. The summed E-state index contributed by atoms with van der Waals surface area (Å²) in [7, 11) is 0. The maximum absolute atomic E-state index is 4.40. The van der Waals surface area contributed by atoms with Crippen LogP contribution in [0.4, 0.5) is 0 Å². The molecule has 3 nitrogen and oxygen atoms in total. The molecule has 1 aromatic heterocycles. The molecule has 1 aliphatic carbocycles. The SMILES string of the molecule is C[C@@H]1[C@H]2Cc3ccc(-c4ccncn4)cc3[C@]1(C)CCN2. The van der Waals surface area contributed by atoms with Crippen molar-refractivity contribution >= 4 is 0 Å². The zero-order valence-electron chi connectivity index (χ0n) is 12.6. The van der Waals surface area contributed by atoms with Gasteiger partial charge in [-0.05, 0) is 54.0 Å². The molecule has 108 valence electrons. The third kappa shape index (κ3) is 1.91. The second kappa shape index (κ2) is 4.63. The number of rotatable bonds is 1. The van der Waals surface area contributed by atoms with Crippen LogP contribution < -0.4 is 5.32 Å². The normalized spacial score (nSPS) is 30.8. The highest BCUT2D eigenvalue weighted by Crippen LogP contribution is 2.46. The summed E-state index contributed by atoms with van der Waals surface area (Å²) in [5, 5.41) is 3.69. The van der Waals surface area contributed by atoms with Crippen LogP contribution in [0.3, 0.4) is 0 Å². The second-order valence-corrected chi connectivity index (χ2v) is 6.69. The van der Waals surface area contributed by atoms with E-state index in [1.165, 1.54) is 23.1 Å². The van der Waals surface area contributed by atoms with Gasteiger partial charge < -0.3 is 5.32 Å². The molecule has 0 amide bonds. The first-order valence-electron chi connectivity index (χ1n) is 7.82. The lowest BCUT2D eigenvalue weighted by Crippen LogP contribution is -2.56.